The molecule has 2 aromatic rings. The Bertz CT molecular complexity index is 467. The second-order valence-electron chi connectivity index (χ2n) is 2.34. The minimum atomic E-state index is 0.549. The van der Waals surface area contributed by atoms with Crippen LogP contribution in [0.25, 0.3) is 11.0 Å². The molecule has 0 unspecified atom stereocenters. The van der Waals surface area contributed by atoms with E-state index in [1.807, 2.05) is 12.1 Å². The first kappa shape index (κ1) is 7.14. The van der Waals surface area contributed by atoms with Crippen molar-refractivity contribution in [2.45, 2.75) is 0 Å². The molecule has 0 aliphatic rings. The third-order valence-electron chi connectivity index (χ3n) is 1.64. The van der Waals surface area contributed by atoms with Crippen molar-refractivity contribution in [2.24, 2.45) is 0 Å². The lowest BCUT2D eigenvalue weighted by molar-refractivity contribution is 1.24. The molecule has 0 radical (unpaired) electrons. The molecule has 58 valence electrons. The molecular weight excluding hydrogens is 174 g/mol. The third-order valence-corrected chi connectivity index (χ3v) is 1.90. The largest absolute Gasteiger partial charge is 0.242 e. The van der Waals surface area contributed by atoms with Gasteiger partial charge in [-0.3, -0.25) is 0 Å². The number of pyridine rings is 1. The summed E-state index contributed by atoms with van der Waals surface area (Å²) in [6.07, 6.45) is 3.20. The number of nitriles is 1. The average molecular weight is 178 g/mol. The van der Waals surface area contributed by atoms with Gasteiger partial charge in [0.15, 0.2) is 5.65 Å². The third kappa shape index (κ3) is 0.858. The highest BCUT2D eigenvalue weighted by Gasteiger charge is 2.05. The molecule has 0 amide bonds. The minimum absolute atomic E-state index is 0.549. The molecule has 2 aromatic heterocycles. The molecule has 2 heterocycles. The van der Waals surface area contributed by atoms with E-state index in [9.17, 15) is 0 Å². The van der Waals surface area contributed by atoms with E-state index in [2.05, 4.69) is 4.98 Å². The van der Waals surface area contributed by atoms with Crippen LogP contribution in [0, 0.1) is 11.3 Å². The predicted molar refractivity (Wildman–Crippen MR) is 45.7 cm³/mol. The first-order chi connectivity index (χ1) is 5.83. The summed E-state index contributed by atoms with van der Waals surface area (Å²) in [6.45, 7) is 0. The molecule has 0 bridgehead atoms. The van der Waals surface area contributed by atoms with E-state index in [4.69, 9.17) is 17.0 Å². The van der Waals surface area contributed by atoms with E-state index in [-0.39, 0.29) is 0 Å². The Labute approximate surface area is 73.9 Å². The maximum Gasteiger partial charge on any atom is 0.155 e. The highest BCUT2D eigenvalue weighted by Crippen LogP contribution is 2.18. The van der Waals surface area contributed by atoms with E-state index >= 15 is 0 Å². The summed E-state index contributed by atoms with van der Waals surface area (Å²) in [5, 5.41) is 9.49. The molecule has 0 saturated carbocycles. The molecule has 3 nitrogen and oxygen atoms in total. The number of nitrogens with zero attached hydrogens (tertiary/aromatic N) is 3. The number of hydrogen-bond acceptors (Lipinski definition) is 2. The summed E-state index contributed by atoms with van der Waals surface area (Å²) >= 11 is 5.76. The number of fused-ring (bicyclic) bond motifs is 1. The van der Waals surface area contributed by atoms with Gasteiger partial charge in [0, 0.05) is 29.6 Å². The number of hydrogen-bond donors (Lipinski definition) is 0. The van der Waals surface area contributed by atoms with Crippen LogP contribution in [0.2, 0.25) is 0 Å². The SMILES string of the molecule is N#Cc1cn(Cl)c2ncccc12. The van der Waals surface area contributed by atoms with Crippen molar-refractivity contribution in [3.05, 3.63) is 30.1 Å². The normalized spacial score (nSPS) is 10.0. The Morgan fingerprint density at radius 2 is 2.42 bits per heavy atom. The Kier molecular flexibility index (Phi) is 1.49. The maximum atomic E-state index is 8.70. The van der Waals surface area contributed by atoms with E-state index in [1.165, 1.54) is 4.09 Å². The Morgan fingerprint density at radius 1 is 1.58 bits per heavy atom. The van der Waals surface area contributed by atoms with Crippen molar-refractivity contribution in [1.29, 1.82) is 5.26 Å². The monoisotopic (exact) mass is 177 g/mol. The van der Waals surface area contributed by atoms with Crippen molar-refractivity contribution in [2.75, 3.05) is 0 Å². The van der Waals surface area contributed by atoms with Crippen LogP contribution >= 0.6 is 11.8 Å². The Hall–Kier alpha value is -1.53. The highest BCUT2D eigenvalue weighted by atomic mass is 35.5. The number of rotatable bonds is 0. The Balaban J connectivity index is 2.94. The van der Waals surface area contributed by atoms with Crippen LogP contribution in [-0.2, 0) is 0 Å². The zero-order valence-corrected chi connectivity index (χ0v) is 6.78. The van der Waals surface area contributed by atoms with Crippen LogP contribution < -0.4 is 0 Å². The van der Waals surface area contributed by atoms with Gasteiger partial charge in [-0.25, -0.2) is 9.07 Å². The van der Waals surface area contributed by atoms with Gasteiger partial charge in [0.2, 0.25) is 0 Å². The predicted octanol–water partition coefficient (Wildman–Crippen LogP) is 1.91. The van der Waals surface area contributed by atoms with Gasteiger partial charge in [0.1, 0.15) is 6.07 Å². The number of aromatic nitrogens is 2. The van der Waals surface area contributed by atoms with Gasteiger partial charge in [-0.15, -0.1) is 0 Å². The van der Waals surface area contributed by atoms with Crippen molar-refractivity contribution in [1.82, 2.24) is 9.07 Å². The lowest BCUT2D eigenvalue weighted by atomic mass is 10.2. The fourth-order valence-corrected chi connectivity index (χ4v) is 1.34. The summed E-state index contributed by atoms with van der Waals surface area (Å²) in [5.74, 6) is 0. The van der Waals surface area contributed by atoms with Crippen molar-refractivity contribution >= 4 is 22.8 Å². The topological polar surface area (TPSA) is 41.6 Å². The molecule has 0 aromatic carbocycles. The minimum Gasteiger partial charge on any atom is -0.242 e. The summed E-state index contributed by atoms with van der Waals surface area (Å²) in [6, 6.07) is 5.64. The van der Waals surface area contributed by atoms with Gasteiger partial charge in [0.25, 0.3) is 0 Å². The van der Waals surface area contributed by atoms with Gasteiger partial charge in [-0.1, -0.05) is 0 Å². The van der Waals surface area contributed by atoms with Gasteiger partial charge >= 0.3 is 0 Å². The van der Waals surface area contributed by atoms with Crippen LogP contribution in [0.1, 0.15) is 5.56 Å². The van der Waals surface area contributed by atoms with Gasteiger partial charge in [0.05, 0.1) is 5.56 Å². The van der Waals surface area contributed by atoms with Crippen molar-refractivity contribution < 1.29 is 0 Å². The summed E-state index contributed by atoms with van der Waals surface area (Å²) in [5.41, 5.74) is 1.17. The van der Waals surface area contributed by atoms with Crippen molar-refractivity contribution in [3.8, 4) is 6.07 Å². The fourth-order valence-electron chi connectivity index (χ4n) is 1.11. The lowest BCUT2D eigenvalue weighted by Gasteiger charge is -1.88. The zero-order valence-electron chi connectivity index (χ0n) is 6.03. The molecule has 0 aliphatic heterocycles. The van der Waals surface area contributed by atoms with E-state index < -0.39 is 0 Å². The van der Waals surface area contributed by atoms with Crippen LogP contribution in [0.3, 0.4) is 0 Å². The van der Waals surface area contributed by atoms with Crippen LogP contribution in [0.15, 0.2) is 24.5 Å². The summed E-state index contributed by atoms with van der Waals surface area (Å²) < 4.78 is 1.33. The first-order valence-corrected chi connectivity index (χ1v) is 3.69. The Morgan fingerprint density at radius 3 is 3.17 bits per heavy atom. The van der Waals surface area contributed by atoms with E-state index in [0.717, 1.165) is 5.39 Å². The lowest BCUT2D eigenvalue weighted by Crippen LogP contribution is -1.78. The quantitative estimate of drug-likeness (QED) is 0.617. The molecule has 0 N–H and O–H groups in total. The molecule has 0 saturated heterocycles. The summed E-state index contributed by atoms with van der Waals surface area (Å²) in [7, 11) is 0. The van der Waals surface area contributed by atoms with Crippen LogP contribution in [0.4, 0.5) is 0 Å². The highest BCUT2D eigenvalue weighted by molar-refractivity contribution is 6.19. The molecule has 0 spiro atoms. The molecular formula is C8H4ClN3. The second-order valence-corrected chi connectivity index (χ2v) is 2.70. The standard InChI is InChI=1S/C8H4ClN3/c9-12-5-6(4-10)7-2-1-3-11-8(7)12/h1-3,5H. The average Bonchev–Trinajstić information content (AvgIpc) is 2.44. The molecule has 2 rings (SSSR count). The second kappa shape index (κ2) is 2.50. The first-order valence-electron chi connectivity index (χ1n) is 3.35. The molecule has 4 heteroatoms. The molecule has 0 atom stereocenters. The van der Waals surface area contributed by atoms with Gasteiger partial charge < -0.3 is 0 Å². The molecule has 0 fully saturated rings. The summed E-state index contributed by atoms with van der Waals surface area (Å²) in [4.78, 5) is 4.03. The van der Waals surface area contributed by atoms with Gasteiger partial charge in [-0.05, 0) is 12.1 Å². The number of halogens is 1. The zero-order chi connectivity index (χ0) is 8.55. The molecule has 0 aliphatic carbocycles. The van der Waals surface area contributed by atoms with Gasteiger partial charge in [-0.2, -0.15) is 5.26 Å². The van der Waals surface area contributed by atoms with E-state index in [1.54, 1.807) is 18.5 Å². The fraction of sp³-hybridized carbons (Fsp3) is 0. The van der Waals surface area contributed by atoms with E-state index in [0.29, 0.717) is 11.2 Å². The van der Waals surface area contributed by atoms with Crippen LogP contribution in [0.5, 0.6) is 0 Å². The van der Waals surface area contributed by atoms with Crippen molar-refractivity contribution in [3.63, 3.8) is 0 Å². The molecule has 12 heavy (non-hydrogen) atoms. The maximum absolute atomic E-state index is 8.70. The van der Waals surface area contributed by atoms with Crippen LogP contribution in [-0.4, -0.2) is 9.07 Å². The smallest absolute Gasteiger partial charge is 0.155 e.